The molecule has 0 bridgehead atoms. The highest BCUT2D eigenvalue weighted by Crippen LogP contribution is 2.28. The first kappa shape index (κ1) is 12.6. The molecule has 3 nitrogen and oxygen atoms in total. The predicted octanol–water partition coefficient (Wildman–Crippen LogP) is 2.47. The second-order valence-corrected chi connectivity index (χ2v) is 5.24. The second-order valence-electron chi connectivity index (χ2n) is 4.32. The van der Waals surface area contributed by atoms with Crippen LogP contribution in [0.2, 0.25) is 0 Å². The number of anilines is 1. The topological polar surface area (TPSA) is 32.3 Å². The van der Waals surface area contributed by atoms with E-state index in [4.69, 9.17) is 0 Å². The van der Waals surface area contributed by atoms with Crippen LogP contribution < -0.4 is 10.2 Å². The van der Waals surface area contributed by atoms with Crippen LogP contribution in [0.15, 0.2) is 22.7 Å². The van der Waals surface area contributed by atoms with Gasteiger partial charge < -0.3 is 10.2 Å². The zero-order chi connectivity index (χ0) is 12.4. The van der Waals surface area contributed by atoms with Crippen LogP contribution in [0.1, 0.15) is 18.9 Å². The Bertz CT molecular complexity index is 433. The molecule has 1 aliphatic heterocycles. The summed E-state index contributed by atoms with van der Waals surface area (Å²) >= 11 is 3.46. The van der Waals surface area contributed by atoms with Gasteiger partial charge in [0.05, 0.1) is 6.04 Å². The normalized spacial score (nSPS) is 20.1. The van der Waals surface area contributed by atoms with Gasteiger partial charge in [0.25, 0.3) is 0 Å². The molecule has 1 aliphatic rings. The predicted molar refractivity (Wildman–Crippen MR) is 73.3 cm³/mol. The number of nitrogens with zero attached hydrogens (tertiary/aromatic N) is 1. The van der Waals surface area contributed by atoms with Crippen molar-refractivity contribution in [3.8, 4) is 0 Å². The molecule has 1 atom stereocenters. The molecule has 1 fully saturated rings. The van der Waals surface area contributed by atoms with E-state index in [0.717, 1.165) is 35.2 Å². The van der Waals surface area contributed by atoms with Crippen molar-refractivity contribution >= 4 is 27.5 Å². The fourth-order valence-electron chi connectivity index (χ4n) is 2.23. The van der Waals surface area contributed by atoms with Crippen molar-refractivity contribution in [3.05, 3.63) is 28.2 Å². The Morgan fingerprint density at radius 2 is 2.29 bits per heavy atom. The maximum atomic E-state index is 12.2. The third kappa shape index (κ3) is 2.53. The monoisotopic (exact) mass is 296 g/mol. The number of hydrogen-bond acceptors (Lipinski definition) is 2. The van der Waals surface area contributed by atoms with Crippen molar-refractivity contribution in [2.75, 3.05) is 18.0 Å². The van der Waals surface area contributed by atoms with Crippen LogP contribution in [-0.2, 0) is 4.79 Å². The van der Waals surface area contributed by atoms with Crippen molar-refractivity contribution in [1.82, 2.24) is 5.32 Å². The van der Waals surface area contributed by atoms with E-state index < -0.39 is 0 Å². The average molecular weight is 297 g/mol. The molecule has 1 heterocycles. The Morgan fingerprint density at radius 3 is 3.00 bits per heavy atom. The Labute approximate surface area is 110 Å². The Hall–Kier alpha value is -0.870. The van der Waals surface area contributed by atoms with Crippen molar-refractivity contribution in [3.63, 3.8) is 0 Å². The number of likely N-dealkylation sites (N-methyl/N-ethyl adjacent to an activating group) is 1. The largest absolute Gasteiger partial charge is 0.311 e. The Morgan fingerprint density at radius 1 is 1.53 bits per heavy atom. The summed E-state index contributed by atoms with van der Waals surface area (Å²) < 4.78 is 1.01. The van der Waals surface area contributed by atoms with Gasteiger partial charge in [-0.2, -0.15) is 0 Å². The zero-order valence-corrected chi connectivity index (χ0v) is 11.8. The number of hydrogen-bond donors (Lipinski definition) is 1. The number of halogens is 1. The van der Waals surface area contributed by atoms with Gasteiger partial charge in [-0.15, -0.1) is 0 Å². The molecule has 1 unspecified atom stereocenters. The van der Waals surface area contributed by atoms with E-state index in [2.05, 4.69) is 21.2 Å². The summed E-state index contributed by atoms with van der Waals surface area (Å²) in [7, 11) is 0. The zero-order valence-electron chi connectivity index (χ0n) is 10.2. The lowest BCUT2D eigenvalue weighted by molar-refractivity contribution is -0.118. The lowest BCUT2D eigenvalue weighted by Gasteiger charge is -2.19. The summed E-state index contributed by atoms with van der Waals surface area (Å²) in [6.45, 7) is 5.70. The average Bonchev–Trinajstić information content (AvgIpc) is 2.65. The Kier molecular flexibility index (Phi) is 3.84. The molecule has 1 saturated heterocycles. The summed E-state index contributed by atoms with van der Waals surface area (Å²) in [6, 6.07) is 6.04. The van der Waals surface area contributed by atoms with Crippen LogP contribution in [0, 0.1) is 6.92 Å². The molecule has 1 N–H and O–H groups in total. The standard InChI is InChI=1S/C13H17BrN2O/c1-3-15-11-6-7-16(13(11)17)12-8-10(14)5-4-9(12)2/h4-5,8,11,15H,3,6-7H2,1-2H3. The minimum absolute atomic E-state index is 0.0154. The molecule has 0 saturated carbocycles. The number of amides is 1. The van der Waals surface area contributed by atoms with Crippen LogP contribution in [-0.4, -0.2) is 25.0 Å². The highest BCUT2D eigenvalue weighted by atomic mass is 79.9. The SMILES string of the molecule is CCNC1CCN(c2cc(Br)ccc2C)C1=O. The summed E-state index contributed by atoms with van der Waals surface area (Å²) in [5.41, 5.74) is 2.16. The smallest absolute Gasteiger partial charge is 0.244 e. The lowest BCUT2D eigenvalue weighted by Crippen LogP contribution is -2.38. The molecular formula is C13H17BrN2O. The van der Waals surface area contributed by atoms with Gasteiger partial charge in [0.2, 0.25) is 5.91 Å². The van der Waals surface area contributed by atoms with Gasteiger partial charge >= 0.3 is 0 Å². The van der Waals surface area contributed by atoms with E-state index in [9.17, 15) is 4.79 Å². The number of carbonyl (C=O) groups excluding carboxylic acids is 1. The molecule has 92 valence electrons. The highest BCUT2D eigenvalue weighted by molar-refractivity contribution is 9.10. The maximum absolute atomic E-state index is 12.2. The number of nitrogens with one attached hydrogen (secondary N) is 1. The molecule has 0 aromatic heterocycles. The van der Waals surface area contributed by atoms with Gasteiger partial charge in [-0.25, -0.2) is 0 Å². The van der Waals surface area contributed by atoms with E-state index >= 15 is 0 Å². The number of benzene rings is 1. The van der Waals surface area contributed by atoms with Crippen molar-refractivity contribution in [2.24, 2.45) is 0 Å². The van der Waals surface area contributed by atoms with Crippen molar-refractivity contribution < 1.29 is 4.79 Å². The molecule has 4 heteroatoms. The molecule has 0 spiro atoms. The highest BCUT2D eigenvalue weighted by Gasteiger charge is 2.32. The third-order valence-electron chi connectivity index (χ3n) is 3.12. The summed E-state index contributed by atoms with van der Waals surface area (Å²) in [5.74, 6) is 0.188. The summed E-state index contributed by atoms with van der Waals surface area (Å²) in [4.78, 5) is 14.1. The lowest BCUT2D eigenvalue weighted by atomic mass is 10.2. The van der Waals surface area contributed by atoms with Gasteiger partial charge in [-0.3, -0.25) is 4.79 Å². The fourth-order valence-corrected chi connectivity index (χ4v) is 2.58. The second kappa shape index (κ2) is 5.19. The summed E-state index contributed by atoms with van der Waals surface area (Å²) in [6.07, 6.45) is 0.888. The van der Waals surface area contributed by atoms with E-state index in [1.165, 1.54) is 0 Å². The van der Waals surface area contributed by atoms with Crippen LogP contribution in [0.3, 0.4) is 0 Å². The molecule has 0 radical (unpaired) electrons. The van der Waals surface area contributed by atoms with Gasteiger partial charge in [-0.1, -0.05) is 28.9 Å². The minimum Gasteiger partial charge on any atom is -0.311 e. The molecule has 1 aromatic carbocycles. The van der Waals surface area contributed by atoms with Gasteiger partial charge in [0, 0.05) is 16.7 Å². The van der Waals surface area contributed by atoms with E-state index in [0.29, 0.717) is 0 Å². The fraction of sp³-hybridized carbons (Fsp3) is 0.462. The van der Waals surface area contributed by atoms with Crippen LogP contribution >= 0.6 is 15.9 Å². The van der Waals surface area contributed by atoms with Crippen LogP contribution in [0.4, 0.5) is 5.69 Å². The van der Waals surface area contributed by atoms with Gasteiger partial charge in [0.15, 0.2) is 0 Å². The first-order valence-electron chi connectivity index (χ1n) is 5.94. The molecule has 17 heavy (non-hydrogen) atoms. The molecule has 1 amide bonds. The molecule has 1 aromatic rings. The molecule has 2 rings (SSSR count). The molecular weight excluding hydrogens is 280 g/mol. The minimum atomic E-state index is -0.0154. The van der Waals surface area contributed by atoms with Gasteiger partial charge in [0.1, 0.15) is 0 Å². The third-order valence-corrected chi connectivity index (χ3v) is 3.61. The van der Waals surface area contributed by atoms with E-state index in [-0.39, 0.29) is 11.9 Å². The van der Waals surface area contributed by atoms with Crippen molar-refractivity contribution in [2.45, 2.75) is 26.3 Å². The van der Waals surface area contributed by atoms with Crippen molar-refractivity contribution in [1.29, 1.82) is 0 Å². The quantitative estimate of drug-likeness (QED) is 0.929. The number of rotatable bonds is 3. The van der Waals surface area contributed by atoms with E-state index in [1.807, 2.05) is 36.9 Å². The summed E-state index contributed by atoms with van der Waals surface area (Å²) in [5, 5.41) is 3.23. The maximum Gasteiger partial charge on any atom is 0.244 e. The van der Waals surface area contributed by atoms with E-state index in [1.54, 1.807) is 0 Å². The van der Waals surface area contributed by atoms with Gasteiger partial charge in [-0.05, 0) is 37.6 Å². The molecule has 0 aliphatic carbocycles. The van der Waals surface area contributed by atoms with Crippen LogP contribution in [0.5, 0.6) is 0 Å². The Balaban J connectivity index is 2.24. The number of carbonyl (C=O) groups is 1. The first-order valence-corrected chi connectivity index (χ1v) is 6.73. The number of aryl methyl sites for hydroxylation is 1. The van der Waals surface area contributed by atoms with Crippen LogP contribution in [0.25, 0.3) is 0 Å². The first-order chi connectivity index (χ1) is 8.13.